The molecule has 0 fully saturated rings. The first-order chi connectivity index (χ1) is 13.9. The van der Waals surface area contributed by atoms with Crippen molar-refractivity contribution < 1.29 is 17.9 Å². The van der Waals surface area contributed by atoms with Crippen molar-refractivity contribution >= 4 is 21.8 Å². The average molecular weight is 413 g/mol. The average Bonchev–Trinajstić information content (AvgIpc) is 2.73. The van der Waals surface area contributed by atoms with Crippen molar-refractivity contribution in [3.05, 3.63) is 59.7 Å². The Morgan fingerprint density at radius 1 is 1.21 bits per heavy atom. The van der Waals surface area contributed by atoms with E-state index in [-0.39, 0.29) is 36.2 Å². The monoisotopic (exact) mass is 413 g/mol. The lowest BCUT2D eigenvalue weighted by Gasteiger charge is -2.34. The molecule has 1 atom stereocenters. The number of carbonyl (C=O) groups is 1. The maximum absolute atomic E-state index is 13.1. The fraction of sp³-hybridized carbons (Fsp3) is 0.333. The Morgan fingerprint density at radius 3 is 2.62 bits per heavy atom. The van der Waals surface area contributed by atoms with Crippen LogP contribution in [0.1, 0.15) is 31.4 Å². The number of hydrogen-bond donors (Lipinski definition) is 0. The van der Waals surface area contributed by atoms with E-state index in [9.17, 15) is 18.5 Å². The molecule has 1 amide bonds. The van der Waals surface area contributed by atoms with Crippen LogP contribution in [-0.2, 0) is 21.4 Å². The van der Waals surface area contributed by atoms with Gasteiger partial charge in [0.15, 0.2) is 0 Å². The van der Waals surface area contributed by atoms with Gasteiger partial charge in [0.25, 0.3) is 0 Å². The molecule has 2 aromatic rings. The molecule has 1 unspecified atom stereocenters. The summed E-state index contributed by atoms with van der Waals surface area (Å²) in [5.41, 5.74) is 1.83. The summed E-state index contributed by atoms with van der Waals surface area (Å²) in [6, 6.07) is 15.4. The number of cyclic esters (lactones) is 1. The molecule has 0 saturated heterocycles. The third-order valence-corrected chi connectivity index (χ3v) is 7.05. The number of nitriles is 1. The number of sulfonamides is 1. The first kappa shape index (κ1) is 20.8. The quantitative estimate of drug-likeness (QED) is 0.693. The standard InChI is InChI=1S/C21H23N3O4S/c1-3-23(29(26,27)20-11-7-5-8-17(20)14-22)13-12-16(2)24-19-10-6-4-9-18(19)15-28-21(24)25/h4-11,16H,3,12-13,15H2,1-2H3. The maximum atomic E-state index is 13.1. The fourth-order valence-corrected chi connectivity index (χ4v) is 5.03. The normalized spacial score (nSPS) is 14.8. The first-order valence-electron chi connectivity index (χ1n) is 9.43. The molecule has 1 aliphatic rings. The number of ether oxygens (including phenoxy) is 1. The van der Waals surface area contributed by atoms with E-state index in [4.69, 9.17) is 4.74 Å². The van der Waals surface area contributed by atoms with Crippen LogP contribution in [0.2, 0.25) is 0 Å². The van der Waals surface area contributed by atoms with Gasteiger partial charge in [-0.3, -0.25) is 4.90 Å². The predicted molar refractivity (Wildman–Crippen MR) is 109 cm³/mol. The van der Waals surface area contributed by atoms with Gasteiger partial charge in [0, 0.05) is 24.7 Å². The van der Waals surface area contributed by atoms with E-state index in [2.05, 4.69) is 0 Å². The first-order valence-corrected chi connectivity index (χ1v) is 10.9. The molecule has 1 heterocycles. The van der Waals surface area contributed by atoms with E-state index >= 15 is 0 Å². The summed E-state index contributed by atoms with van der Waals surface area (Å²) < 4.78 is 32.7. The number of rotatable bonds is 7. The lowest BCUT2D eigenvalue weighted by molar-refractivity contribution is 0.139. The van der Waals surface area contributed by atoms with Crippen molar-refractivity contribution in [2.45, 2.75) is 37.8 Å². The van der Waals surface area contributed by atoms with E-state index in [0.717, 1.165) is 11.3 Å². The number of para-hydroxylation sites is 1. The molecule has 1 aliphatic heterocycles. The Labute approximate surface area is 171 Å². The molecule has 0 N–H and O–H groups in total. The van der Waals surface area contributed by atoms with Crippen molar-refractivity contribution in [2.24, 2.45) is 0 Å². The molecule has 0 radical (unpaired) electrons. The third kappa shape index (κ3) is 4.11. The van der Waals surface area contributed by atoms with Gasteiger partial charge in [-0.15, -0.1) is 0 Å². The van der Waals surface area contributed by atoms with Crippen LogP contribution in [0.3, 0.4) is 0 Å². The minimum Gasteiger partial charge on any atom is -0.444 e. The molecule has 0 spiro atoms. The zero-order valence-electron chi connectivity index (χ0n) is 16.4. The smallest absolute Gasteiger partial charge is 0.414 e. The second-order valence-corrected chi connectivity index (χ2v) is 8.70. The van der Waals surface area contributed by atoms with Crippen molar-refractivity contribution in [1.82, 2.24) is 4.31 Å². The number of anilines is 1. The molecule has 8 heteroatoms. The summed E-state index contributed by atoms with van der Waals surface area (Å²) in [5.74, 6) is 0. The molecular weight excluding hydrogens is 390 g/mol. The summed E-state index contributed by atoms with van der Waals surface area (Å²) in [5, 5.41) is 9.26. The van der Waals surface area contributed by atoms with E-state index in [1.807, 2.05) is 37.3 Å². The molecular formula is C21H23N3O4S. The lowest BCUT2D eigenvalue weighted by Crippen LogP contribution is -2.44. The lowest BCUT2D eigenvalue weighted by atomic mass is 10.1. The van der Waals surface area contributed by atoms with Crippen molar-refractivity contribution in [2.75, 3.05) is 18.0 Å². The van der Waals surface area contributed by atoms with Gasteiger partial charge in [0.05, 0.1) is 16.1 Å². The van der Waals surface area contributed by atoms with Crippen LogP contribution in [0.25, 0.3) is 0 Å². The second-order valence-electron chi connectivity index (χ2n) is 6.80. The fourth-order valence-electron chi connectivity index (χ4n) is 3.42. The van der Waals surface area contributed by atoms with E-state index in [0.29, 0.717) is 6.42 Å². The summed E-state index contributed by atoms with van der Waals surface area (Å²) in [6.07, 6.45) is -0.0115. The molecule has 0 aromatic heterocycles. The van der Waals surface area contributed by atoms with Crippen LogP contribution < -0.4 is 4.90 Å². The number of amides is 1. The summed E-state index contributed by atoms with van der Waals surface area (Å²) in [4.78, 5) is 13.9. The Kier molecular flexibility index (Phi) is 6.20. The van der Waals surface area contributed by atoms with Gasteiger partial charge in [-0.1, -0.05) is 37.3 Å². The molecule has 7 nitrogen and oxygen atoms in total. The van der Waals surface area contributed by atoms with Crippen LogP contribution in [0.15, 0.2) is 53.4 Å². The van der Waals surface area contributed by atoms with Crippen LogP contribution in [0, 0.1) is 11.3 Å². The predicted octanol–water partition coefficient (Wildman–Crippen LogP) is 3.50. The van der Waals surface area contributed by atoms with Crippen LogP contribution in [0.5, 0.6) is 0 Å². The summed E-state index contributed by atoms with van der Waals surface area (Å²) in [6.45, 7) is 4.33. The number of benzene rings is 2. The van der Waals surface area contributed by atoms with Gasteiger partial charge in [-0.2, -0.15) is 9.57 Å². The van der Waals surface area contributed by atoms with Crippen molar-refractivity contribution in [3.63, 3.8) is 0 Å². The van der Waals surface area contributed by atoms with E-state index in [1.54, 1.807) is 24.0 Å². The van der Waals surface area contributed by atoms with Crippen molar-refractivity contribution in [3.8, 4) is 6.07 Å². The SMILES string of the molecule is CCN(CCC(C)N1C(=O)OCc2ccccc21)S(=O)(=O)c1ccccc1C#N. The van der Waals surface area contributed by atoms with Gasteiger partial charge in [0.2, 0.25) is 10.0 Å². The Balaban J connectivity index is 1.79. The topological polar surface area (TPSA) is 90.7 Å². The zero-order chi connectivity index (χ0) is 21.0. The van der Waals surface area contributed by atoms with Gasteiger partial charge >= 0.3 is 6.09 Å². The number of fused-ring (bicyclic) bond motifs is 1. The molecule has 0 aliphatic carbocycles. The Bertz CT molecular complexity index is 1050. The summed E-state index contributed by atoms with van der Waals surface area (Å²) >= 11 is 0. The molecule has 0 bridgehead atoms. The molecule has 2 aromatic carbocycles. The molecule has 3 rings (SSSR count). The third-order valence-electron chi connectivity index (χ3n) is 5.01. The van der Waals surface area contributed by atoms with Gasteiger partial charge < -0.3 is 4.74 Å². The largest absolute Gasteiger partial charge is 0.444 e. The highest BCUT2D eigenvalue weighted by Gasteiger charge is 2.31. The van der Waals surface area contributed by atoms with Crippen LogP contribution in [0.4, 0.5) is 10.5 Å². The van der Waals surface area contributed by atoms with E-state index < -0.39 is 16.1 Å². The van der Waals surface area contributed by atoms with Crippen molar-refractivity contribution in [1.29, 1.82) is 5.26 Å². The zero-order valence-corrected chi connectivity index (χ0v) is 17.2. The molecule has 29 heavy (non-hydrogen) atoms. The molecule has 152 valence electrons. The Hall–Kier alpha value is -2.89. The Morgan fingerprint density at radius 2 is 1.90 bits per heavy atom. The summed E-state index contributed by atoms with van der Waals surface area (Å²) in [7, 11) is -3.82. The van der Waals surface area contributed by atoms with E-state index in [1.165, 1.54) is 16.4 Å². The highest BCUT2D eigenvalue weighted by atomic mass is 32.2. The van der Waals surface area contributed by atoms with Gasteiger partial charge in [-0.25, -0.2) is 13.2 Å². The number of carbonyl (C=O) groups excluding carboxylic acids is 1. The van der Waals surface area contributed by atoms with Crippen LogP contribution >= 0.6 is 0 Å². The minimum absolute atomic E-state index is 0.000249. The van der Waals surface area contributed by atoms with Gasteiger partial charge in [-0.05, 0) is 31.5 Å². The number of nitrogens with zero attached hydrogens (tertiary/aromatic N) is 3. The highest BCUT2D eigenvalue weighted by molar-refractivity contribution is 7.89. The van der Waals surface area contributed by atoms with Crippen LogP contribution in [-0.4, -0.2) is 37.9 Å². The van der Waals surface area contributed by atoms with Gasteiger partial charge in [0.1, 0.15) is 12.7 Å². The highest BCUT2D eigenvalue weighted by Crippen LogP contribution is 2.29. The second kappa shape index (κ2) is 8.64. The molecule has 0 saturated carbocycles. The maximum Gasteiger partial charge on any atom is 0.414 e. The minimum atomic E-state index is -3.82. The number of hydrogen-bond acceptors (Lipinski definition) is 5.